The number of aromatic amines is 1. The molecule has 124 valence electrons. The zero-order valence-electron chi connectivity index (χ0n) is 13.1. The Labute approximate surface area is 161 Å². The van der Waals surface area contributed by atoms with Gasteiger partial charge in [0.1, 0.15) is 5.69 Å². The number of rotatable bonds is 4. The van der Waals surface area contributed by atoms with E-state index in [4.69, 9.17) is 0 Å². The fourth-order valence-electron chi connectivity index (χ4n) is 2.37. The van der Waals surface area contributed by atoms with Crippen LogP contribution in [0.1, 0.15) is 27.4 Å². The van der Waals surface area contributed by atoms with Gasteiger partial charge in [-0.25, -0.2) is 0 Å². The highest BCUT2D eigenvalue weighted by molar-refractivity contribution is 14.1. The second-order valence-electron chi connectivity index (χ2n) is 5.39. The van der Waals surface area contributed by atoms with Gasteiger partial charge in [0, 0.05) is 5.69 Å². The second-order valence-corrected chi connectivity index (χ2v) is 7.35. The molecule has 1 amide bonds. The summed E-state index contributed by atoms with van der Waals surface area (Å²) in [5.41, 5.74) is 4.30. The van der Waals surface area contributed by atoms with Crippen molar-refractivity contribution in [2.75, 3.05) is 5.32 Å². The molecule has 0 spiro atoms. The third kappa shape index (κ3) is 3.54. The van der Waals surface area contributed by atoms with Gasteiger partial charge in [0.05, 0.1) is 32.2 Å². The van der Waals surface area contributed by atoms with E-state index in [1.165, 1.54) is 0 Å². The van der Waals surface area contributed by atoms with Crippen molar-refractivity contribution in [2.45, 2.75) is 20.4 Å². The van der Waals surface area contributed by atoms with Crippen LogP contribution in [0.5, 0.6) is 0 Å². The smallest absolute Gasteiger partial charge is 0.274 e. The zero-order chi connectivity index (χ0) is 17.3. The molecule has 1 aromatic carbocycles. The Bertz CT molecular complexity index is 902. The van der Waals surface area contributed by atoms with E-state index in [9.17, 15) is 4.79 Å². The molecule has 0 fully saturated rings. The number of hydrogen-bond acceptors (Lipinski definition) is 3. The molecule has 0 radical (unpaired) electrons. The van der Waals surface area contributed by atoms with Crippen LogP contribution in [0.15, 0.2) is 34.9 Å². The third-order valence-corrected chi connectivity index (χ3v) is 5.60. The Balaban J connectivity index is 1.78. The normalized spacial score (nSPS) is 10.8. The topological polar surface area (TPSA) is 75.6 Å². The first-order chi connectivity index (χ1) is 11.5. The van der Waals surface area contributed by atoms with Crippen molar-refractivity contribution < 1.29 is 4.79 Å². The molecule has 3 aromatic rings. The number of aromatic nitrogens is 4. The number of halogens is 2. The number of benzene rings is 1. The van der Waals surface area contributed by atoms with Crippen LogP contribution in [-0.4, -0.2) is 25.9 Å². The summed E-state index contributed by atoms with van der Waals surface area (Å²) in [7, 11) is 0. The molecule has 0 atom stereocenters. The van der Waals surface area contributed by atoms with Gasteiger partial charge in [0.25, 0.3) is 5.91 Å². The first-order valence-corrected chi connectivity index (χ1v) is 9.11. The first-order valence-electron chi connectivity index (χ1n) is 7.24. The molecule has 0 aliphatic heterocycles. The van der Waals surface area contributed by atoms with Gasteiger partial charge in [-0.3, -0.25) is 14.6 Å². The molecule has 2 aromatic heterocycles. The molecule has 6 nitrogen and oxygen atoms in total. The largest absolute Gasteiger partial charge is 0.321 e. The molecule has 2 N–H and O–H groups in total. The highest BCUT2D eigenvalue weighted by Gasteiger charge is 2.13. The van der Waals surface area contributed by atoms with Crippen LogP contribution in [0.25, 0.3) is 0 Å². The average molecular weight is 500 g/mol. The Hall–Kier alpha value is -1.68. The molecule has 0 unspecified atom stereocenters. The number of nitrogens with zero attached hydrogens (tertiary/aromatic N) is 3. The predicted octanol–water partition coefficient (Wildman–Crippen LogP) is 3.89. The molecule has 0 aliphatic carbocycles. The molecule has 24 heavy (non-hydrogen) atoms. The van der Waals surface area contributed by atoms with E-state index in [1.54, 1.807) is 6.20 Å². The van der Waals surface area contributed by atoms with Crippen LogP contribution in [0.3, 0.4) is 0 Å². The third-order valence-electron chi connectivity index (χ3n) is 3.63. The van der Waals surface area contributed by atoms with Gasteiger partial charge < -0.3 is 5.32 Å². The van der Waals surface area contributed by atoms with Crippen molar-refractivity contribution >= 4 is 50.1 Å². The van der Waals surface area contributed by atoms with E-state index in [1.807, 2.05) is 42.8 Å². The van der Waals surface area contributed by atoms with Crippen LogP contribution >= 0.6 is 38.5 Å². The number of hydrogen-bond donors (Lipinski definition) is 2. The Kier molecular flexibility index (Phi) is 5.04. The van der Waals surface area contributed by atoms with Gasteiger partial charge in [0.2, 0.25) is 0 Å². The molecule has 0 bridgehead atoms. The molecule has 8 heteroatoms. The van der Waals surface area contributed by atoms with Crippen LogP contribution < -0.4 is 5.32 Å². The van der Waals surface area contributed by atoms with Gasteiger partial charge in [0.15, 0.2) is 0 Å². The van der Waals surface area contributed by atoms with Crippen molar-refractivity contribution in [3.8, 4) is 0 Å². The summed E-state index contributed by atoms with van der Waals surface area (Å²) in [6.07, 6.45) is 1.62. The Morgan fingerprint density at radius 2 is 2.21 bits per heavy atom. The summed E-state index contributed by atoms with van der Waals surface area (Å²) >= 11 is 5.61. The maximum Gasteiger partial charge on any atom is 0.274 e. The lowest BCUT2D eigenvalue weighted by atomic mass is 10.2. The summed E-state index contributed by atoms with van der Waals surface area (Å²) in [5.74, 6) is -0.206. The summed E-state index contributed by atoms with van der Waals surface area (Å²) in [5, 5.41) is 14.0. The number of H-pyrrole nitrogens is 1. The summed E-state index contributed by atoms with van der Waals surface area (Å²) in [6, 6.07) is 7.75. The fraction of sp³-hybridized carbons (Fsp3) is 0.188. The van der Waals surface area contributed by atoms with Gasteiger partial charge >= 0.3 is 0 Å². The maximum absolute atomic E-state index is 12.3. The zero-order valence-corrected chi connectivity index (χ0v) is 16.8. The van der Waals surface area contributed by atoms with Crippen molar-refractivity contribution in [3.05, 3.63) is 61.2 Å². The Morgan fingerprint density at radius 1 is 1.42 bits per heavy atom. The molecule has 3 rings (SSSR count). The quantitative estimate of drug-likeness (QED) is 0.535. The van der Waals surface area contributed by atoms with E-state index >= 15 is 0 Å². The number of carbonyl (C=O) groups is 1. The van der Waals surface area contributed by atoms with Crippen molar-refractivity contribution in [2.24, 2.45) is 0 Å². The number of aryl methyl sites for hydroxylation is 1. The summed E-state index contributed by atoms with van der Waals surface area (Å²) in [4.78, 5) is 12.3. The molecular weight excluding hydrogens is 485 g/mol. The lowest BCUT2D eigenvalue weighted by Crippen LogP contribution is -2.14. The second kappa shape index (κ2) is 7.06. The molecule has 0 saturated heterocycles. The molecular formula is C16H15BrIN5O. The average Bonchev–Trinajstić information content (AvgIpc) is 3.07. The van der Waals surface area contributed by atoms with E-state index < -0.39 is 0 Å². The lowest BCUT2D eigenvalue weighted by molar-refractivity contribution is 0.102. The molecule has 0 aliphatic rings. The van der Waals surface area contributed by atoms with Crippen molar-refractivity contribution in [1.29, 1.82) is 0 Å². The number of amides is 1. The van der Waals surface area contributed by atoms with Crippen molar-refractivity contribution in [1.82, 2.24) is 20.0 Å². The highest BCUT2D eigenvalue weighted by Crippen LogP contribution is 2.21. The number of anilines is 1. The summed E-state index contributed by atoms with van der Waals surface area (Å²) in [6.45, 7) is 4.63. The standard InChI is InChI=1S/C16H15BrIN5O/c1-9-14(17)10(2)23(22-9)8-11-4-3-5-12(6-11)20-16(24)15-13(18)7-19-21-15/h3-7H,8H2,1-2H3,(H,19,21)(H,20,24). The molecule has 0 saturated carbocycles. The SMILES string of the molecule is Cc1nn(Cc2cccc(NC(=O)c3[nH]ncc3I)c2)c(C)c1Br. The lowest BCUT2D eigenvalue weighted by Gasteiger charge is -2.08. The van der Waals surface area contributed by atoms with Crippen LogP contribution in [0, 0.1) is 17.4 Å². The Morgan fingerprint density at radius 3 is 2.83 bits per heavy atom. The minimum Gasteiger partial charge on any atom is -0.321 e. The van der Waals surface area contributed by atoms with E-state index in [2.05, 4.69) is 59.1 Å². The molecule has 2 heterocycles. The highest BCUT2D eigenvalue weighted by atomic mass is 127. The van der Waals surface area contributed by atoms with Crippen molar-refractivity contribution in [3.63, 3.8) is 0 Å². The number of nitrogens with one attached hydrogen (secondary N) is 2. The van der Waals surface area contributed by atoms with Gasteiger partial charge in [-0.1, -0.05) is 12.1 Å². The number of carbonyl (C=O) groups excluding carboxylic acids is 1. The summed E-state index contributed by atoms with van der Waals surface area (Å²) < 4.78 is 3.76. The van der Waals surface area contributed by atoms with Crippen LogP contribution in [0.4, 0.5) is 5.69 Å². The minimum atomic E-state index is -0.206. The van der Waals surface area contributed by atoms with Crippen LogP contribution in [0.2, 0.25) is 0 Å². The van der Waals surface area contributed by atoms with E-state index in [0.717, 1.165) is 30.7 Å². The maximum atomic E-state index is 12.3. The van der Waals surface area contributed by atoms with E-state index in [-0.39, 0.29) is 5.91 Å². The first kappa shape index (κ1) is 17.2. The monoisotopic (exact) mass is 499 g/mol. The minimum absolute atomic E-state index is 0.206. The predicted molar refractivity (Wildman–Crippen MR) is 104 cm³/mol. The van der Waals surface area contributed by atoms with Gasteiger partial charge in [-0.05, 0) is 70.1 Å². The fourth-order valence-corrected chi connectivity index (χ4v) is 3.16. The van der Waals surface area contributed by atoms with Crippen LogP contribution in [-0.2, 0) is 6.54 Å². The van der Waals surface area contributed by atoms with Gasteiger partial charge in [-0.2, -0.15) is 10.2 Å². The van der Waals surface area contributed by atoms with Gasteiger partial charge in [-0.15, -0.1) is 0 Å². The van der Waals surface area contributed by atoms with E-state index in [0.29, 0.717) is 12.2 Å².